The molecule has 2 heterocycles. The Morgan fingerprint density at radius 1 is 0.970 bits per heavy atom. The van der Waals surface area contributed by atoms with Crippen LogP contribution in [-0.4, -0.2) is 25.9 Å². The topological polar surface area (TPSA) is 96.9 Å². The molecule has 1 aliphatic heterocycles. The van der Waals surface area contributed by atoms with Gasteiger partial charge in [0, 0.05) is 12.1 Å². The van der Waals surface area contributed by atoms with Crippen LogP contribution in [0.5, 0.6) is 5.88 Å². The molecule has 2 fully saturated rings. The Kier molecular flexibility index (Phi) is 5.31. The molecule has 0 bridgehead atoms. The van der Waals surface area contributed by atoms with Crippen molar-refractivity contribution >= 4 is 23.4 Å². The van der Waals surface area contributed by atoms with Crippen molar-refractivity contribution in [2.24, 2.45) is 11.0 Å². The number of para-hydroxylation sites is 1. The number of hydrogen-bond donors (Lipinski definition) is 1. The van der Waals surface area contributed by atoms with Crippen molar-refractivity contribution in [3.8, 4) is 5.88 Å². The fourth-order valence-corrected chi connectivity index (χ4v) is 4.60. The van der Waals surface area contributed by atoms with Crippen LogP contribution in [0.2, 0.25) is 0 Å². The lowest BCUT2D eigenvalue weighted by Gasteiger charge is -2.32. The molecule has 172 valence electrons. The summed E-state index contributed by atoms with van der Waals surface area (Å²) in [6, 6.07) is 8.81. The van der Waals surface area contributed by atoms with Crippen LogP contribution in [0.3, 0.4) is 0 Å². The molecule has 2 saturated carbocycles. The molecule has 3 aliphatic rings. The highest BCUT2D eigenvalue weighted by Gasteiger charge is 2.35. The largest absolute Gasteiger partial charge is 0.494 e. The highest BCUT2D eigenvalue weighted by Crippen LogP contribution is 2.36. The summed E-state index contributed by atoms with van der Waals surface area (Å²) in [5.41, 5.74) is 0.425. The van der Waals surface area contributed by atoms with Gasteiger partial charge in [0.2, 0.25) is 5.88 Å². The van der Waals surface area contributed by atoms with Gasteiger partial charge in [-0.3, -0.25) is 18.7 Å². The highest BCUT2D eigenvalue weighted by molar-refractivity contribution is 6.33. The van der Waals surface area contributed by atoms with Crippen molar-refractivity contribution in [2.45, 2.75) is 64.5 Å². The molecule has 5 rings (SSSR count). The summed E-state index contributed by atoms with van der Waals surface area (Å²) in [4.78, 5) is 40.0. The molecule has 2 aromatic rings. The molecule has 8 nitrogen and oxygen atoms in total. The Hall–Kier alpha value is -3.42. The minimum atomic E-state index is -0.542. The molecule has 2 aliphatic carbocycles. The van der Waals surface area contributed by atoms with Crippen LogP contribution < -0.4 is 16.3 Å². The predicted molar refractivity (Wildman–Crippen MR) is 127 cm³/mol. The molecule has 0 saturated heterocycles. The summed E-state index contributed by atoms with van der Waals surface area (Å²) in [5, 5.41) is 16.9. The minimum Gasteiger partial charge on any atom is -0.494 e. The lowest BCUT2D eigenvalue weighted by atomic mass is 9.91. The van der Waals surface area contributed by atoms with Gasteiger partial charge in [-0.1, -0.05) is 32.0 Å². The van der Waals surface area contributed by atoms with Gasteiger partial charge in [0.25, 0.3) is 11.5 Å². The Labute approximate surface area is 191 Å². The number of anilines is 1. The van der Waals surface area contributed by atoms with Crippen LogP contribution >= 0.6 is 0 Å². The number of rotatable bonds is 5. The second kappa shape index (κ2) is 8.17. The summed E-state index contributed by atoms with van der Waals surface area (Å²) in [6.45, 7) is 3.85. The molecule has 1 N–H and O–H groups in total. The number of carbonyl (C=O) groups is 1. The van der Waals surface area contributed by atoms with E-state index in [0.29, 0.717) is 11.4 Å². The van der Waals surface area contributed by atoms with E-state index >= 15 is 0 Å². The van der Waals surface area contributed by atoms with Gasteiger partial charge in [0.05, 0.1) is 17.0 Å². The SMILES string of the molecule is CC(C)C1=NN(c2ccccc2)C(=O)/C1=C\c1c(O)n(C2CCC2)c(=O)n(C2CCC2)c1=O. The van der Waals surface area contributed by atoms with Crippen molar-refractivity contribution in [2.75, 3.05) is 5.01 Å². The van der Waals surface area contributed by atoms with Crippen molar-refractivity contribution in [1.82, 2.24) is 9.13 Å². The van der Waals surface area contributed by atoms with E-state index in [9.17, 15) is 19.5 Å². The molecule has 0 radical (unpaired) electrons. The molecule has 8 heteroatoms. The smallest absolute Gasteiger partial charge is 0.334 e. The zero-order valence-electron chi connectivity index (χ0n) is 18.9. The molecular weight excluding hydrogens is 420 g/mol. The van der Waals surface area contributed by atoms with Crippen LogP contribution in [0.4, 0.5) is 5.69 Å². The highest BCUT2D eigenvalue weighted by atomic mass is 16.3. The first-order chi connectivity index (χ1) is 15.9. The monoisotopic (exact) mass is 448 g/mol. The first kappa shape index (κ1) is 21.4. The van der Waals surface area contributed by atoms with Gasteiger partial charge in [-0.05, 0) is 62.7 Å². The van der Waals surface area contributed by atoms with E-state index in [1.165, 1.54) is 20.2 Å². The number of aromatic nitrogens is 2. The Morgan fingerprint density at radius 3 is 2.12 bits per heavy atom. The molecule has 0 spiro atoms. The Balaban J connectivity index is 1.68. The fraction of sp³-hybridized carbons (Fsp3) is 0.440. The van der Waals surface area contributed by atoms with Gasteiger partial charge in [-0.15, -0.1) is 0 Å². The molecule has 1 aromatic heterocycles. The van der Waals surface area contributed by atoms with Crippen molar-refractivity contribution in [1.29, 1.82) is 0 Å². The number of hydrazone groups is 1. The number of aromatic hydroxyl groups is 1. The van der Waals surface area contributed by atoms with Crippen LogP contribution in [0.1, 0.15) is 70.0 Å². The van der Waals surface area contributed by atoms with E-state index in [0.717, 1.165) is 38.5 Å². The van der Waals surface area contributed by atoms with Gasteiger partial charge in [-0.25, -0.2) is 4.79 Å². The summed E-state index contributed by atoms with van der Waals surface area (Å²) in [6.07, 6.45) is 6.47. The maximum absolute atomic E-state index is 13.4. The second-order valence-corrected chi connectivity index (χ2v) is 9.38. The average molecular weight is 449 g/mol. The van der Waals surface area contributed by atoms with E-state index in [-0.39, 0.29) is 40.9 Å². The first-order valence-electron chi connectivity index (χ1n) is 11.7. The van der Waals surface area contributed by atoms with Crippen LogP contribution in [0, 0.1) is 5.92 Å². The average Bonchev–Trinajstić information content (AvgIpc) is 3.06. The van der Waals surface area contributed by atoms with Crippen LogP contribution in [-0.2, 0) is 4.79 Å². The predicted octanol–water partition coefficient (Wildman–Crippen LogP) is 3.61. The molecule has 33 heavy (non-hydrogen) atoms. The van der Waals surface area contributed by atoms with Crippen molar-refractivity contribution < 1.29 is 9.90 Å². The van der Waals surface area contributed by atoms with E-state index in [1.807, 2.05) is 32.0 Å². The van der Waals surface area contributed by atoms with Gasteiger partial charge >= 0.3 is 5.69 Å². The third kappa shape index (κ3) is 3.44. The number of benzene rings is 1. The van der Waals surface area contributed by atoms with Gasteiger partial charge < -0.3 is 5.11 Å². The number of hydrogen-bond acceptors (Lipinski definition) is 5. The Bertz CT molecular complexity index is 1280. The second-order valence-electron chi connectivity index (χ2n) is 9.38. The quantitative estimate of drug-likeness (QED) is 0.707. The Morgan fingerprint density at radius 2 is 1.58 bits per heavy atom. The molecule has 0 unspecified atom stereocenters. The maximum Gasteiger partial charge on any atom is 0.334 e. The van der Waals surface area contributed by atoms with Crippen molar-refractivity contribution in [3.63, 3.8) is 0 Å². The summed E-state index contributed by atoms with van der Waals surface area (Å²) >= 11 is 0. The van der Waals surface area contributed by atoms with Crippen LogP contribution in [0.25, 0.3) is 6.08 Å². The number of nitrogens with zero attached hydrogens (tertiary/aromatic N) is 4. The zero-order valence-corrected chi connectivity index (χ0v) is 18.9. The summed E-state index contributed by atoms with van der Waals surface area (Å²) in [7, 11) is 0. The van der Waals surface area contributed by atoms with Gasteiger partial charge in [0.1, 0.15) is 5.56 Å². The molecular formula is C25H28N4O4. The van der Waals surface area contributed by atoms with Crippen molar-refractivity contribution in [3.05, 3.63) is 62.3 Å². The zero-order chi connectivity index (χ0) is 23.3. The standard InChI is InChI=1S/C25H28N4O4/c1-15(2)21-19(24(32)29(26-21)18-8-4-3-5-9-18)14-20-22(30)27(16-10-6-11-16)25(33)28(23(20)31)17-12-7-13-17/h3-5,8-9,14-17,30H,6-7,10-13H2,1-2H3/b19-14-. The lowest BCUT2D eigenvalue weighted by Crippen LogP contribution is -2.46. The third-order valence-electron chi connectivity index (χ3n) is 6.95. The van der Waals surface area contributed by atoms with E-state index in [4.69, 9.17) is 0 Å². The van der Waals surface area contributed by atoms with E-state index < -0.39 is 11.2 Å². The normalized spacial score (nSPS) is 20.3. The number of carbonyl (C=O) groups excluding carboxylic acids is 1. The maximum atomic E-state index is 13.4. The first-order valence-corrected chi connectivity index (χ1v) is 11.7. The molecule has 0 atom stereocenters. The minimum absolute atomic E-state index is 0.0139. The van der Waals surface area contributed by atoms with E-state index in [1.54, 1.807) is 12.1 Å². The van der Waals surface area contributed by atoms with E-state index in [2.05, 4.69) is 5.10 Å². The summed E-state index contributed by atoms with van der Waals surface area (Å²) < 4.78 is 2.64. The lowest BCUT2D eigenvalue weighted by molar-refractivity contribution is -0.114. The fourth-order valence-electron chi connectivity index (χ4n) is 4.60. The van der Waals surface area contributed by atoms with Gasteiger partial charge in [-0.2, -0.15) is 10.1 Å². The van der Waals surface area contributed by atoms with Gasteiger partial charge in [0.15, 0.2) is 0 Å². The third-order valence-corrected chi connectivity index (χ3v) is 6.95. The van der Waals surface area contributed by atoms with Crippen LogP contribution in [0.15, 0.2) is 50.6 Å². The molecule has 1 amide bonds. The number of amides is 1. The molecule has 1 aromatic carbocycles. The summed E-state index contributed by atoms with van der Waals surface area (Å²) in [5.74, 6) is -0.797.